The van der Waals surface area contributed by atoms with Crippen molar-refractivity contribution in [3.05, 3.63) is 42.5 Å². The molecule has 0 saturated heterocycles. The predicted octanol–water partition coefficient (Wildman–Crippen LogP) is 3.01. The third kappa shape index (κ3) is 3.48. The molecule has 0 aliphatic heterocycles. The molecule has 86 valence electrons. The van der Waals surface area contributed by atoms with Crippen molar-refractivity contribution in [2.45, 2.75) is 19.6 Å². The van der Waals surface area contributed by atoms with Gasteiger partial charge in [-0.15, -0.1) is 0 Å². The fraction of sp³-hybridized carbons (Fsp3) is 0.200. The van der Waals surface area contributed by atoms with Crippen LogP contribution in [-0.4, -0.2) is 23.0 Å². The molecule has 0 spiro atoms. The van der Waals surface area contributed by atoms with Crippen LogP contribution in [0.25, 0.3) is 10.8 Å². The zero-order valence-corrected chi connectivity index (χ0v) is 13.2. The summed E-state index contributed by atoms with van der Waals surface area (Å²) in [6.45, 7) is 6.87. The Morgan fingerprint density at radius 1 is 0.941 bits per heavy atom. The van der Waals surface area contributed by atoms with E-state index in [0.29, 0.717) is 0 Å². The van der Waals surface area contributed by atoms with Gasteiger partial charge in [-0.25, -0.2) is 0 Å². The second kappa shape index (κ2) is 5.10. The van der Waals surface area contributed by atoms with Crippen molar-refractivity contribution in [1.29, 1.82) is 0 Å². The van der Waals surface area contributed by atoms with Gasteiger partial charge in [-0.3, -0.25) is 0 Å². The third-order valence-electron chi connectivity index (χ3n) is 2.34. The summed E-state index contributed by atoms with van der Waals surface area (Å²) in [5.74, 6) is 0. The average Bonchev–Trinajstić information content (AvgIpc) is 2.28. The van der Waals surface area contributed by atoms with Crippen molar-refractivity contribution in [3.8, 4) is 10.4 Å². The van der Waals surface area contributed by atoms with Crippen LogP contribution >= 0.6 is 0 Å². The van der Waals surface area contributed by atoms with Crippen molar-refractivity contribution in [3.63, 3.8) is 0 Å². The molecule has 0 unspecified atom stereocenters. The van der Waals surface area contributed by atoms with E-state index in [1.807, 2.05) is 0 Å². The fourth-order valence-corrected chi connectivity index (χ4v) is 5.28. The van der Waals surface area contributed by atoms with Gasteiger partial charge in [-0.1, -0.05) is 0 Å². The maximum absolute atomic E-state index is 3.45. The van der Waals surface area contributed by atoms with Gasteiger partial charge in [0.15, 0.2) is 0 Å². The Bertz CT molecular complexity index is 580. The number of hydrogen-bond donors (Lipinski definition) is 0. The molecule has 0 aliphatic carbocycles. The molecule has 2 aromatic rings. The fourth-order valence-electron chi connectivity index (χ4n) is 1.52. The van der Waals surface area contributed by atoms with E-state index in [1.54, 1.807) is 0 Å². The first-order valence-corrected chi connectivity index (χ1v) is 10.9. The van der Waals surface area contributed by atoms with Crippen molar-refractivity contribution in [2.24, 2.45) is 0 Å². The molecule has 0 nitrogen and oxygen atoms in total. The molecule has 0 aromatic heterocycles. The van der Waals surface area contributed by atoms with Gasteiger partial charge in [0.2, 0.25) is 0 Å². The van der Waals surface area contributed by atoms with Gasteiger partial charge < -0.3 is 0 Å². The predicted molar refractivity (Wildman–Crippen MR) is 80.5 cm³/mol. The van der Waals surface area contributed by atoms with Gasteiger partial charge in [0.05, 0.1) is 0 Å². The molecule has 17 heavy (non-hydrogen) atoms. The molecule has 0 atom stereocenters. The number of fused-ring (bicyclic) bond motifs is 1. The van der Waals surface area contributed by atoms with E-state index >= 15 is 0 Å². The summed E-state index contributed by atoms with van der Waals surface area (Å²) in [6.07, 6.45) is 0. The molecule has 0 fully saturated rings. The summed E-state index contributed by atoms with van der Waals surface area (Å²) in [5, 5.41) is 2.68. The molecule has 0 N–H and O–H groups in total. The first-order valence-electron chi connectivity index (χ1n) is 5.73. The Labute approximate surface area is 111 Å². The number of benzene rings is 2. The zero-order chi connectivity index (χ0) is 12.3. The molecule has 0 aliphatic rings. The Balaban J connectivity index is 2.33. The SMILES string of the molecule is C[Si](C)(C)C#C[Se]c1cccc2ccccc12. The molecule has 2 aromatic carbocycles. The van der Waals surface area contributed by atoms with E-state index in [1.165, 1.54) is 15.2 Å². The van der Waals surface area contributed by atoms with Crippen LogP contribution in [0.15, 0.2) is 42.5 Å². The molecule has 0 amide bonds. The van der Waals surface area contributed by atoms with Crippen molar-refractivity contribution in [1.82, 2.24) is 0 Å². The van der Waals surface area contributed by atoms with E-state index in [-0.39, 0.29) is 15.0 Å². The van der Waals surface area contributed by atoms with Crippen LogP contribution in [0.4, 0.5) is 0 Å². The topological polar surface area (TPSA) is 0 Å². The van der Waals surface area contributed by atoms with Crippen molar-refractivity contribution in [2.75, 3.05) is 0 Å². The van der Waals surface area contributed by atoms with Gasteiger partial charge in [-0.05, 0) is 0 Å². The summed E-state index contributed by atoms with van der Waals surface area (Å²) in [5.41, 5.74) is 3.45. The van der Waals surface area contributed by atoms with E-state index in [9.17, 15) is 0 Å². The standard InChI is InChI=1S/C15H16SeSi/c1-17(2,3)12-11-16-15-10-6-8-13-7-4-5-9-14(13)15/h4-10H,1-3H3. The summed E-state index contributed by atoms with van der Waals surface area (Å²) in [4.78, 5) is 3.41. The minimum absolute atomic E-state index is 0.279. The van der Waals surface area contributed by atoms with Crippen LogP contribution in [0, 0.1) is 10.4 Å². The number of hydrogen-bond acceptors (Lipinski definition) is 0. The zero-order valence-electron chi connectivity index (χ0n) is 10.4. The van der Waals surface area contributed by atoms with E-state index in [0.717, 1.165) is 0 Å². The Hall–Kier alpha value is -1.00. The third-order valence-corrected chi connectivity index (χ3v) is 5.25. The van der Waals surface area contributed by atoms with E-state index in [4.69, 9.17) is 0 Å². The molecule has 0 radical (unpaired) electrons. The Kier molecular flexibility index (Phi) is 3.74. The molecule has 0 saturated carbocycles. The molecular weight excluding hydrogens is 287 g/mol. The Morgan fingerprint density at radius 3 is 2.41 bits per heavy atom. The Morgan fingerprint density at radius 2 is 1.65 bits per heavy atom. The maximum atomic E-state index is 3.45. The van der Waals surface area contributed by atoms with Crippen molar-refractivity contribution < 1.29 is 0 Å². The van der Waals surface area contributed by atoms with Crippen LogP contribution < -0.4 is 4.46 Å². The minimum atomic E-state index is -1.22. The van der Waals surface area contributed by atoms with Crippen LogP contribution in [0.2, 0.25) is 19.6 Å². The molecule has 2 rings (SSSR count). The van der Waals surface area contributed by atoms with Crippen LogP contribution in [0.1, 0.15) is 0 Å². The molecule has 0 heterocycles. The summed E-state index contributed by atoms with van der Waals surface area (Å²) in [6, 6.07) is 15.1. The first-order chi connectivity index (χ1) is 8.06. The number of rotatable bonds is 1. The van der Waals surface area contributed by atoms with E-state index in [2.05, 4.69) is 72.5 Å². The van der Waals surface area contributed by atoms with E-state index < -0.39 is 8.07 Å². The summed E-state index contributed by atoms with van der Waals surface area (Å²) >= 11 is 0.279. The van der Waals surface area contributed by atoms with Gasteiger partial charge in [0, 0.05) is 0 Å². The first kappa shape index (κ1) is 12.5. The summed E-state index contributed by atoms with van der Waals surface area (Å²) in [7, 11) is -1.22. The molecular formula is C15H16SeSi. The van der Waals surface area contributed by atoms with Gasteiger partial charge >= 0.3 is 111 Å². The second-order valence-electron chi connectivity index (χ2n) is 5.06. The quantitative estimate of drug-likeness (QED) is 0.561. The normalized spacial score (nSPS) is 11.0. The van der Waals surface area contributed by atoms with Crippen LogP contribution in [0.5, 0.6) is 0 Å². The average molecular weight is 303 g/mol. The van der Waals surface area contributed by atoms with Gasteiger partial charge in [0.1, 0.15) is 0 Å². The monoisotopic (exact) mass is 304 g/mol. The molecule has 2 heteroatoms. The van der Waals surface area contributed by atoms with Crippen LogP contribution in [0.3, 0.4) is 0 Å². The van der Waals surface area contributed by atoms with Gasteiger partial charge in [0.25, 0.3) is 0 Å². The van der Waals surface area contributed by atoms with Crippen molar-refractivity contribution >= 4 is 38.3 Å². The second-order valence-corrected chi connectivity index (χ2v) is 11.6. The van der Waals surface area contributed by atoms with Gasteiger partial charge in [-0.2, -0.15) is 0 Å². The molecule has 0 bridgehead atoms. The van der Waals surface area contributed by atoms with Crippen LogP contribution in [-0.2, 0) is 0 Å². The summed E-state index contributed by atoms with van der Waals surface area (Å²) < 4.78 is 1.40.